The monoisotopic (exact) mass is 194 g/mol. The van der Waals surface area contributed by atoms with Crippen molar-refractivity contribution < 1.29 is 18.7 Å². The summed E-state index contributed by atoms with van der Waals surface area (Å²) in [5.41, 5.74) is 0. The van der Waals surface area contributed by atoms with Crippen LogP contribution in [0, 0.1) is 5.92 Å². The van der Waals surface area contributed by atoms with Gasteiger partial charge >= 0.3 is 6.09 Å². The molecular formula is C7H12F2N2O2. The molecule has 1 rings (SSSR count). The first-order chi connectivity index (χ1) is 6.08. The summed E-state index contributed by atoms with van der Waals surface area (Å²) in [6.07, 6.45) is -3.36. The summed E-state index contributed by atoms with van der Waals surface area (Å²) in [6, 6.07) is 0. The van der Waals surface area contributed by atoms with Crippen molar-refractivity contribution in [3.05, 3.63) is 0 Å². The van der Waals surface area contributed by atoms with Gasteiger partial charge in [0, 0.05) is 25.6 Å². The lowest BCUT2D eigenvalue weighted by Crippen LogP contribution is -2.52. The fourth-order valence-corrected chi connectivity index (χ4v) is 1.38. The standard InChI is InChI=1S/C7H12F2N2O2/c8-6(9)4-11-2-5(3-11)1-10-7(12)13/h5-6,10H,1-4H2,(H,12,13). The summed E-state index contributed by atoms with van der Waals surface area (Å²) in [7, 11) is 0. The van der Waals surface area contributed by atoms with Crippen molar-refractivity contribution in [2.24, 2.45) is 5.92 Å². The molecule has 1 aliphatic rings. The van der Waals surface area contributed by atoms with Crippen molar-refractivity contribution >= 4 is 6.09 Å². The maximum absolute atomic E-state index is 11.8. The van der Waals surface area contributed by atoms with Crippen molar-refractivity contribution in [1.29, 1.82) is 0 Å². The number of carbonyl (C=O) groups is 1. The van der Waals surface area contributed by atoms with Crippen LogP contribution in [0.1, 0.15) is 0 Å². The largest absolute Gasteiger partial charge is 0.465 e. The van der Waals surface area contributed by atoms with E-state index in [0.717, 1.165) is 0 Å². The second-order valence-electron chi connectivity index (χ2n) is 3.16. The van der Waals surface area contributed by atoms with E-state index in [4.69, 9.17) is 5.11 Å². The zero-order valence-corrected chi connectivity index (χ0v) is 7.04. The van der Waals surface area contributed by atoms with Crippen molar-refractivity contribution in [2.45, 2.75) is 6.43 Å². The molecule has 4 nitrogen and oxygen atoms in total. The highest BCUT2D eigenvalue weighted by molar-refractivity contribution is 5.64. The van der Waals surface area contributed by atoms with E-state index in [9.17, 15) is 13.6 Å². The number of halogens is 2. The van der Waals surface area contributed by atoms with Crippen LogP contribution in [-0.2, 0) is 0 Å². The highest BCUT2D eigenvalue weighted by Gasteiger charge is 2.28. The van der Waals surface area contributed by atoms with Crippen LogP contribution in [0.15, 0.2) is 0 Å². The molecule has 0 atom stereocenters. The maximum atomic E-state index is 11.8. The average molecular weight is 194 g/mol. The van der Waals surface area contributed by atoms with Crippen LogP contribution < -0.4 is 5.32 Å². The van der Waals surface area contributed by atoms with Gasteiger partial charge in [0.2, 0.25) is 0 Å². The first-order valence-corrected chi connectivity index (χ1v) is 4.05. The van der Waals surface area contributed by atoms with Crippen LogP contribution in [0.5, 0.6) is 0 Å². The molecule has 0 spiro atoms. The zero-order valence-electron chi connectivity index (χ0n) is 7.04. The Balaban J connectivity index is 2.02. The van der Waals surface area contributed by atoms with Gasteiger partial charge in [0.05, 0.1) is 6.54 Å². The number of alkyl halides is 2. The third-order valence-corrected chi connectivity index (χ3v) is 1.97. The van der Waals surface area contributed by atoms with E-state index in [1.54, 1.807) is 4.90 Å². The molecule has 0 aromatic heterocycles. The predicted octanol–water partition coefficient (Wildman–Crippen LogP) is 0.451. The Morgan fingerprint density at radius 3 is 2.69 bits per heavy atom. The van der Waals surface area contributed by atoms with Crippen LogP contribution in [0.4, 0.5) is 13.6 Å². The molecule has 1 aliphatic heterocycles. The first kappa shape index (κ1) is 10.2. The van der Waals surface area contributed by atoms with Gasteiger partial charge in [-0.1, -0.05) is 0 Å². The van der Waals surface area contributed by atoms with Crippen molar-refractivity contribution in [2.75, 3.05) is 26.2 Å². The Bertz CT molecular complexity index is 183. The molecule has 0 aromatic carbocycles. The molecule has 0 saturated carbocycles. The van der Waals surface area contributed by atoms with E-state index in [0.29, 0.717) is 19.6 Å². The summed E-state index contributed by atoms with van der Waals surface area (Å²) in [5, 5.41) is 10.5. The molecule has 6 heteroatoms. The fourth-order valence-electron chi connectivity index (χ4n) is 1.38. The van der Waals surface area contributed by atoms with Gasteiger partial charge in [-0.3, -0.25) is 4.90 Å². The van der Waals surface area contributed by atoms with E-state index in [2.05, 4.69) is 5.32 Å². The lowest BCUT2D eigenvalue weighted by atomic mass is 10.0. The topological polar surface area (TPSA) is 52.6 Å². The quantitative estimate of drug-likeness (QED) is 0.683. The van der Waals surface area contributed by atoms with Gasteiger partial charge in [-0.15, -0.1) is 0 Å². The molecular weight excluding hydrogens is 182 g/mol. The van der Waals surface area contributed by atoms with Crippen molar-refractivity contribution in [3.8, 4) is 0 Å². The van der Waals surface area contributed by atoms with E-state index < -0.39 is 12.5 Å². The normalized spacial score (nSPS) is 18.7. The molecule has 0 aliphatic carbocycles. The van der Waals surface area contributed by atoms with Crippen molar-refractivity contribution in [1.82, 2.24) is 10.2 Å². The third-order valence-electron chi connectivity index (χ3n) is 1.97. The number of amides is 1. The molecule has 1 amide bonds. The molecule has 0 aromatic rings. The zero-order chi connectivity index (χ0) is 9.84. The molecule has 0 bridgehead atoms. The average Bonchev–Trinajstić information content (AvgIpc) is 1.92. The summed E-state index contributed by atoms with van der Waals surface area (Å²) in [6.45, 7) is 1.27. The van der Waals surface area contributed by atoms with E-state index >= 15 is 0 Å². The molecule has 76 valence electrons. The number of rotatable bonds is 4. The van der Waals surface area contributed by atoms with Gasteiger partial charge in [-0.25, -0.2) is 13.6 Å². The van der Waals surface area contributed by atoms with Crippen LogP contribution in [-0.4, -0.2) is 48.7 Å². The minimum absolute atomic E-state index is 0.190. The Hall–Kier alpha value is -0.910. The molecule has 1 saturated heterocycles. The van der Waals surface area contributed by atoms with Crippen molar-refractivity contribution in [3.63, 3.8) is 0 Å². The first-order valence-electron chi connectivity index (χ1n) is 4.05. The summed E-state index contributed by atoms with van der Waals surface area (Å²) >= 11 is 0. The maximum Gasteiger partial charge on any atom is 0.404 e. The Labute approximate surface area is 74.5 Å². The third kappa shape index (κ3) is 3.54. The minimum atomic E-state index is -2.30. The van der Waals surface area contributed by atoms with Crippen LogP contribution in [0.2, 0.25) is 0 Å². The predicted molar refractivity (Wildman–Crippen MR) is 42.0 cm³/mol. The van der Waals surface area contributed by atoms with Gasteiger partial charge < -0.3 is 10.4 Å². The van der Waals surface area contributed by atoms with Gasteiger partial charge in [0.15, 0.2) is 0 Å². The summed E-state index contributed by atoms with van der Waals surface area (Å²) in [4.78, 5) is 11.7. The van der Waals surface area contributed by atoms with E-state index in [1.165, 1.54) is 0 Å². The molecule has 1 heterocycles. The van der Waals surface area contributed by atoms with E-state index in [1.807, 2.05) is 0 Å². The van der Waals surface area contributed by atoms with Crippen LogP contribution >= 0.6 is 0 Å². The van der Waals surface area contributed by atoms with E-state index in [-0.39, 0.29) is 12.5 Å². The Kier molecular flexibility index (Phi) is 3.41. The Morgan fingerprint density at radius 1 is 1.62 bits per heavy atom. The minimum Gasteiger partial charge on any atom is -0.465 e. The van der Waals surface area contributed by atoms with Gasteiger partial charge in [0.1, 0.15) is 0 Å². The Morgan fingerprint density at radius 2 is 2.23 bits per heavy atom. The van der Waals surface area contributed by atoms with Gasteiger partial charge in [-0.2, -0.15) is 0 Å². The molecule has 0 radical (unpaired) electrons. The second kappa shape index (κ2) is 4.36. The second-order valence-corrected chi connectivity index (χ2v) is 3.16. The van der Waals surface area contributed by atoms with Crippen LogP contribution in [0.3, 0.4) is 0 Å². The smallest absolute Gasteiger partial charge is 0.404 e. The fraction of sp³-hybridized carbons (Fsp3) is 0.857. The number of hydrogen-bond acceptors (Lipinski definition) is 2. The summed E-state index contributed by atoms with van der Waals surface area (Å²) in [5.74, 6) is 0.190. The summed E-state index contributed by atoms with van der Waals surface area (Å²) < 4.78 is 23.6. The van der Waals surface area contributed by atoms with Gasteiger partial charge in [0.25, 0.3) is 6.43 Å². The molecule has 1 fully saturated rings. The van der Waals surface area contributed by atoms with Crippen LogP contribution in [0.25, 0.3) is 0 Å². The number of carboxylic acid groups (broad SMARTS) is 1. The number of nitrogens with zero attached hydrogens (tertiary/aromatic N) is 1. The molecule has 0 unspecified atom stereocenters. The highest BCUT2D eigenvalue weighted by atomic mass is 19.3. The number of likely N-dealkylation sites (tertiary alicyclic amines) is 1. The highest BCUT2D eigenvalue weighted by Crippen LogP contribution is 2.15. The SMILES string of the molecule is O=C(O)NCC1CN(CC(F)F)C1. The number of hydrogen-bond donors (Lipinski definition) is 2. The molecule has 2 N–H and O–H groups in total. The lowest BCUT2D eigenvalue weighted by molar-refractivity contribution is 0.0255. The van der Waals surface area contributed by atoms with Gasteiger partial charge in [-0.05, 0) is 0 Å². The molecule has 13 heavy (non-hydrogen) atoms. The lowest BCUT2D eigenvalue weighted by Gasteiger charge is -2.38. The number of nitrogens with one attached hydrogen (secondary N) is 1.